The minimum atomic E-state index is 0.344. The first-order chi connectivity index (χ1) is 10.9. The van der Waals surface area contributed by atoms with Crippen LogP contribution in [0.5, 0.6) is 5.75 Å². The SMILES string of the molecule is c1cc2[nH]ncc2cc1OC1CCCC(NC2CCCC2)C1. The van der Waals surface area contributed by atoms with E-state index in [1.165, 1.54) is 44.9 Å². The monoisotopic (exact) mass is 299 g/mol. The average Bonchev–Trinajstić information content (AvgIpc) is 3.18. The number of benzene rings is 1. The van der Waals surface area contributed by atoms with Gasteiger partial charge in [0.15, 0.2) is 0 Å². The summed E-state index contributed by atoms with van der Waals surface area (Å²) in [4.78, 5) is 0. The molecule has 2 aliphatic rings. The second kappa shape index (κ2) is 6.29. The van der Waals surface area contributed by atoms with Crippen molar-refractivity contribution in [2.75, 3.05) is 0 Å². The molecule has 4 nitrogen and oxygen atoms in total. The number of aromatic amines is 1. The molecular formula is C18H25N3O. The van der Waals surface area contributed by atoms with Crippen molar-refractivity contribution in [1.29, 1.82) is 0 Å². The second-order valence-corrected chi connectivity index (χ2v) is 6.87. The number of nitrogens with one attached hydrogen (secondary N) is 2. The minimum absolute atomic E-state index is 0.344. The molecule has 0 spiro atoms. The Morgan fingerprint density at radius 3 is 2.82 bits per heavy atom. The highest BCUT2D eigenvalue weighted by molar-refractivity contribution is 5.79. The Kier molecular flexibility index (Phi) is 4.02. The minimum Gasteiger partial charge on any atom is -0.490 e. The second-order valence-electron chi connectivity index (χ2n) is 6.87. The maximum Gasteiger partial charge on any atom is 0.120 e. The molecule has 2 unspecified atom stereocenters. The molecule has 1 heterocycles. The number of rotatable bonds is 4. The van der Waals surface area contributed by atoms with Gasteiger partial charge in [0, 0.05) is 17.5 Å². The highest BCUT2D eigenvalue weighted by Gasteiger charge is 2.26. The van der Waals surface area contributed by atoms with Crippen LogP contribution in [0.25, 0.3) is 10.9 Å². The Hall–Kier alpha value is -1.55. The molecule has 22 heavy (non-hydrogen) atoms. The maximum absolute atomic E-state index is 6.25. The number of hydrogen-bond acceptors (Lipinski definition) is 3. The molecule has 4 heteroatoms. The molecule has 2 aliphatic carbocycles. The van der Waals surface area contributed by atoms with E-state index in [0.717, 1.165) is 29.1 Å². The zero-order valence-corrected chi connectivity index (χ0v) is 13.1. The lowest BCUT2D eigenvalue weighted by atomic mass is 9.92. The Morgan fingerprint density at radius 2 is 1.91 bits per heavy atom. The summed E-state index contributed by atoms with van der Waals surface area (Å²) in [5.41, 5.74) is 1.07. The summed E-state index contributed by atoms with van der Waals surface area (Å²) < 4.78 is 6.25. The summed E-state index contributed by atoms with van der Waals surface area (Å²) in [5.74, 6) is 0.973. The number of fused-ring (bicyclic) bond motifs is 1. The van der Waals surface area contributed by atoms with E-state index in [0.29, 0.717) is 12.1 Å². The van der Waals surface area contributed by atoms with Gasteiger partial charge in [-0.1, -0.05) is 12.8 Å². The van der Waals surface area contributed by atoms with Crippen LogP contribution < -0.4 is 10.1 Å². The summed E-state index contributed by atoms with van der Waals surface area (Å²) in [6, 6.07) is 7.58. The Bertz CT molecular complexity index is 618. The zero-order valence-electron chi connectivity index (χ0n) is 13.1. The van der Waals surface area contributed by atoms with Crippen LogP contribution in [0.2, 0.25) is 0 Å². The molecule has 118 valence electrons. The van der Waals surface area contributed by atoms with Gasteiger partial charge in [-0.05, 0) is 56.7 Å². The van der Waals surface area contributed by atoms with Gasteiger partial charge in [0.1, 0.15) is 11.9 Å². The van der Waals surface area contributed by atoms with Gasteiger partial charge in [0.2, 0.25) is 0 Å². The average molecular weight is 299 g/mol. The molecule has 2 saturated carbocycles. The first kappa shape index (κ1) is 14.1. The normalized spacial score (nSPS) is 26.5. The van der Waals surface area contributed by atoms with Gasteiger partial charge in [0.25, 0.3) is 0 Å². The predicted molar refractivity (Wildman–Crippen MR) is 88.2 cm³/mol. The zero-order chi connectivity index (χ0) is 14.8. The van der Waals surface area contributed by atoms with Gasteiger partial charge in [-0.25, -0.2) is 0 Å². The van der Waals surface area contributed by atoms with Crippen LogP contribution >= 0.6 is 0 Å². The first-order valence-corrected chi connectivity index (χ1v) is 8.73. The number of hydrogen-bond donors (Lipinski definition) is 2. The molecule has 2 fully saturated rings. The van der Waals surface area contributed by atoms with Gasteiger partial charge in [-0.2, -0.15) is 5.10 Å². The summed E-state index contributed by atoms with van der Waals surface area (Å²) in [6.07, 6.45) is 12.6. The van der Waals surface area contributed by atoms with Gasteiger partial charge < -0.3 is 10.1 Å². The molecule has 0 amide bonds. The fourth-order valence-electron chi connectivity index (χ4n) is 4.02. The Morgan fingerprint density at radius 1 is 1.05 bits per heavy atom. The highest BCUT2D eigenvalue weighted by Crippen LogP contribution is 2.27. The van der Waals surface area contributed by atoms with E-state index in [2.05, 4.69) is 33.7 Å². The van der Waals surface area contributed by atoms with Crippen molar-refractivity contribution in [1.82, 2.24) is 15.5 Å². The number of nitrogens with zero attached hydrogens (tertiary/aromatic N) is 1. The highest BCUT2D eigenvalue weighted by atomic mass is 16.5. The molecule has 0 aliphatic heterocycles. The topological polar surface area (TPSA) is 49.9 Å². The third kappa shape index (κ3) is 3.12. The third-order valence-corrected chi connectivity index (χ3v) is 5.17. The van der Waals surface area contributed by atoms with E-state index in [9.17, 15) is 0 Å². The lowest BCUT2D eigenvalue weighted by Crippen LogP contribution is -2.42. The number of aromatic nitrogens is 2. The molecule has 2 aromatic rings. The van der Waals surface area contributed by atoms with Gasteiger partial charge >= 0.3 is 0 Å². The van der Waals surface area contributed by atoms with Crippen molar-refractivity contribution in [3.05, 3.63) is 24.4 Å². The van der Waals surface area contributed by atoms with Crippen LogP contribution in [0, 0.1) is 0 Å². The lowest BCUT2D eigenvalue weighted by molar-refractivity contribution is 0.131. The number of H-pyrrole nitrogens is 1. The fraction of sp³-hybridized carbons (Fsp3) is 0.611. The first-order valence-electron chi connectivity index (χ1n) is 8.73. The van der Waals surface area contributed by atoms with Crippen LogP contribution in [-0.2, 0) is 0 Å². The molecule has 0 radical (unpaired) electrons. The van der Waals surface area contributed by atoms with Crippen molar-refractivity contribution >= 4 is 10.9 Å². The van der Waals surface area contributed by atoms with Crippen molar-refractivity contribution in [2.24, 2.45) is 0 Å². The van der Waals surface area contributed by atoms with Crippen LogP contribution in [0.1, 0.15) is 51.4 Å². The quantitative estimate of drug-likeness (QED) is 0.903. The molecule has 2 atom stereocenters. The molecule has 4 rings (SSSR count). The Balaban J connectivity index is 1.37. The van der Waals surface area contributed by atoms with Crippen LogP contribution in [0.3, 0.4) is 0 Å². The standard InChI is InChI=1S/C18H25N3O/c1-2-5-14(4-1)20-15-6-3-7-16(11-15)22-17-8-9-18-13(10-17)12-19-21-18/h8-10,12,14-16,20H,1-7,11H2,(H,19,21). The summed E-state index contributed by atoms with van der Waals surface area (Å²) in [6.45, 7) is 0. The van der Waals surface area contributed by atoms with E-state index in [4.69, 9.17) is 4.74 Å². The molecule has 1 aromatic heterocycles. The van der Waals surface area contributed by atoms with E-state index < -0.39 is 0 Å². The summed E-state index contributed by atoms with van der Waals surface area (Å²) >= 11 is 0. The largest absolute Gasteiger partial charge is 0.490 e. The maximum atomic E-state index is 6.25. The summed E-state index contributed by atoms with van der Waals surface area (Å²) in [5, 5.41) is 12.0. The van der Waals surface area contributed by atoms with Gasteiger partial charge in [-0.3, -0.25) is 5.10 Å². The summed E-state index contributed by atoms with van der Waals surface area (Å²) in [7, 11) is 0. The smallest absolute Gasteiger partial charge is 0.120 e. The van der Waals surface area contributed by atoms with E-state index in [1.807, 2.05) is 6.20 Å². The van der Waals surface area contributed by atoms with E-state index in [1.54, 1.807) is 0 Å². The molecule has 0 bridgehead atoms. The lowest BCUT2D eigenvalue weighted by Gasteiger charge is -2.32. The number of ether oxygens (including phenoxy) is 1. The fourth-order valence-corrected chi connectivity index (χ4v) is 4.02. The van der Waals surface area contributed by atoms with Gasteiger partial charge in [0.05, 0.1) is 11.7 Å². The van der Waals surface area contributed by atoms with Crippen molar-refractivity contribution < 1.29 is 4.74 Å². The van der Waals surface area contributed by atoms with Gasteiger partial charge in [-0.15, -0.1) is 0 Å². The third-order valence-electron chi connectivity index (χ3n) is 5.17. The van der Waals surface area contributed by atoms with Crippen molar-refractivity contribution in [3.63, 3.8) is 0 Å². The van der Waals surface area contributed by atoms with Crippen LogP contribution in [0.4, 0.5) is 0 Å². The molecule has 2 N–H and O–H groups in total. The predicted octanol–water partition coefficient (Wildman–Crippen LogP) is 3.79. The molecule has 1 aromatic carbocycles. The Labute approximate surface area is 131 Å². The molecular weight excluding hydrogens is 274 g/mol. The van der Waals surface area contributed by atoms with E-state index >= 15 is 0 Å². The van der Waals surface area contributed by atoms with E-state index in [-0.39, 0.29) is 0 Å². The van der Waals surface area contributed by atoms with Crippen molar-refractivity contribution in [3.8, 4) is 5.75 Å². The van der Waals surface area contributed by atoms with Crippen molar-refractivity contribution in [2.45, 2.75) is 69.6 Å². The van der Waals surface area contributed by atoms with Crippen LogP contribution in [-0.4, -0.2) is 28.4 Å². The molecule has 0 saturated heterocycles. The van der Waals surface area contributed by atoms with Crippen LogP contribution in [0.15, 0.2) is 24.4 Å².